The van der Waals surface area contributed by atoms with Gasteiger partial charge in [0, 0.05) is 48.1 Å². The van der Waals surface area contributed by atoms with Gasteiger partial charge in [-0.2, -0.15) is 5.10 Å². The molecule has 5 nitrogen and oxygen atoms in total. The number of carbonyl (C=O) groups is 1. The predicted octanol–water partition coefficient (Wildman–Crippen LogP) is 4.25. The molecule has 1 aliphatic heterocycles. The van der Waals surface area contributed by atoms with Gasteiger partial charge in [-0.05, 0) is 36.1 Å². The van der Waals surface area contributed by atoms with Gasteiger partial charge in [-0.3, -0.25) is 14.5 Å². The molecule has 3 heterocycles. The molecule has 2 aromatic carbocycles. The molecule has 8 heteroatoms. The lowest BCUT2D eigenvalue weighted by molar-refractivity contribution is 0.0734. The number of hydrogen-bond donors (Lipinski definition) is 0. The van der Waals surface area contributed by atoms with Crippen molar-refractivity contribution in [3.05, 3.63) is 83.1 Å². The number of amides is 1. The lowest BCUT2D eigenvalue weighted by atomic mass is 9.98. The third kappa shape index (κ3) is 3.15. The highest BCUT2D eigenvalue weighted by Crippen LogP contribution is 2.32. The van der Waals surface area contributed by atoms with Crippen molar-refractivity contribution in [3.63, 3.8) is 0 Å². The second-order valence-electron chi connectivity index (χ2n) is 7.53. The summed E-state index contributed by atoms with van der Waals surface area (Å²) in [6.07, 6.45) is 3.84. The molecule has 4 aromatic rings. The molecule has 0 fully saturated rings. The van der Waals surface area contributed by atoms with Gasteiger partial charge in [-0.25, -0.2) is 13.2 Å². The minimum atomic E-state index is -1.50. The summed E-state index contributed by atoms with van der Waals surface area (Å²) in [5.41, 5.74) is 2.79. The third-order valence-electron chi connectivity index (χ3n) is 5.66. The summed E-state index contributed by atoms with van der Waals surface area (Å²) in [6, 6.07) is 9.26. The van der Waals surface area contributed by atoms with Crippen molar-refractivity contribution in [2.24, 2.45) is 7.05 Å². The molecule has 0 radical (unpaired) electrons. The number of halogens is 3. The van der Waals surface area contributed by atoms with Crippen LogP contribution in [0, 0.1) is 17.5 Å². The van der Waals surface area contributed by atoms with Crippen molar-refractivity contribution < 1.29 is 18.0 Å². The van der Waals surface area contributed by atoms with Crippen LogP contribution in [0.5, 0.6) is 0 Å². The van der Waals surface area contributed by atoms with Crippen LogP contribution < -0.4 is 0 Å². The third-order valence-corrected chi connectivity index (χ3v) is 5.66. The average molecular weight is 422 g/mol. The van der Waals surface area contributed by atoms with Gasteiger partial charge in [-0.1, -0.05) is 12.1 Å². The second-order valence-corrected chi connectivity index (χ2v) is 7.53. The maximum atomic E-state index is 13.8. The van der Waals surface area contributed by atoms with Crippen LogP contribution in [0.1, 0.15) is 21.6 Å². The second kappa shape index (κ2) is 7.23. The van der Waals surface area contributed by atoms with Crippen LogP contribution in [0.3, 0.4) is 0 Å². The van der Waals surface area contributed by atoms with E-state index in [1.54, 1.807) is 30.4 Å². The molecule has 0 N–H and O–H groups in total. The smallest absolute Gasteiger partial charge is 0.254 e. The van der Waals surface area contributed by atoms with Gasteiger partial charge in [0.1, 0.15) is 0 Å². The van der Waals surface area contributed by atoms with Crippen LogP contribution in [-0.4, -0.2) is 32.1 Å². The van der Waals surface area contributed by atoms with Crippen molar-refractivity contribution in [2.75, 3.05) is 6.54 Å². The highest BCUT2D eigenvalue weighted by molar-refractivity contribution is 6.06. The van der Waals surface area contributed by atoms with Crippen LogP contribution in [0.2, 0.25) is 0 Å². The number of benzene rings is 2. The summed E-state index contributed by atoms with van der Waals surface area (Å²) in [5.74, 6) is -4.11. The first-order chi connectivity index (χ1) is 14.9. The van der Waals surface area contributed by atoms with Crippen molar-refractivity contribution >= 4 is 16.7 Å². The molecule has 0 atom stereocenters. The summed E-state index contributed by atoms with van der Waals surface area (Å²) in [6.45, 7) is 0.702. The first-order valence-electron chi connectivity index (χ1n) is 9.75. The molecule has 156 valence electrons. The zero-order valence-electron chi connectivity index (χ0n) is 16.6. The molecule has 0 unspecified atom stereocenters. The van der Waals surface area contributed by atoms with E-state index in [0.717, 1.165) is 28.5 Å². The molecular formula is C23H17F3N4O. The fraction of sp³-hybridized carbons (Fsp3) is 0.174. The predicted molar refractivity (Wildman–Crippen MR) is 109 cm³/mol. The highest BCUT2D eigenvalue weighted by Gasteiger charge is 2.29. The van der Waals surface area contributed by atoms with Gasteiger partial charge in [0.15, 0.2) is 17.5 Å². The van der Waals surface area contributed by atoms with Gasteiger partial charge in [0.2, 0.25) is 0 Å². The minimum absolute atomic E-state index is 0.117. The monoisotopic (exact) mass is 422 g/mol. The van der Waals surface area contributed by atoms with Gasteiger partial charge in [0.05, 0.1) is 17.9 Å². The molecule has 0 saturated heterocycles. The maximum Gasteiger partial charge on any atom is 0.254 e. The van der Waals surface area contributed by atoms with Crippen LogP contribution in [0.25, 0.3) is 22.0 Å². The summed E-state index contributed by atoms with van der Waals surface area (Å²) >= 11 is 0. The van der Waals surface area contributed by atoms with E-state index in [4.69, 9.17) is 0 Å². The first-order valence-corrected chi connectivity index (χ1v) is 9.75. The van der Waals surface area contributed by atoms with Crippen LogP contribution in [0.15, 0.2) is 48.8 Å². The Labute approximate surface area is 175 Å². The molecule has 5 rings (SSSR count). The minimum Gasteiger partial charge on any atom is -0.332 e. The summed E-state index contributed by atoms with van der Waals surface area (Å²) in [7, 11) is 1.66. The molecule has 31 heavy (non-hydrogen) atoms. The zero-order chi connectivity index (χ0) is 21.7. The van der Waals surface area contributed by atoms with E-state index in [-0.39, 0.29) is 18.0 Å². The normalized spacial score (nSPS) is 13.5. The zero-order valence-corrected chi connectivity index (χ0v) is 16.6. The largest absolute Gasteiger partial charge is 0.332 e. The number of aromatic nitrogens is 3. The van der Waals surface area contributed by atoms with Crippen molar-refractivity contribution in [1.29, 1.82) is 0 Å². The molecular weight excluding hydrogens is 405 g/mol. The topological polar surface area (TPSA) is 51.0 Å². The van der Waals surface area contributed by atoms with E-state index in [1.807, 2.05) is 18.2 Å². The fourth-order valence-electron chi connectivity index (χ4n) is 4.23. The Bertz CT molecular complexity index is 1320. The Morgan fingerprint density at radius 3 is 2.65 bits per heavy atom. The van der Waals surface area contributed by atoms with E-state index in [1.165, 1.54) is 4.68 Å². The molecule has 2 aromatic heterocycles. The van der Waals surface area contributed by atoms with E-state index in [2.05, 4.69) is 10.1 Å². The van der Waals surface area contributed by atoms with E-state index in [0.29, 0.717) is 29.9 Å². The summed E-state index contributed by atoms with van der Waals surface area (Å²) < 4.78 is 42.5. The highest BCUT2D eigenvalue weighted by atomic mass is 19.2. The molecule has 0 aliphatic carbocycles. The number of fused-ring (bicyclic) bond motifs is 2. The van der Waals surface area contributed by atoms with Crippen LogP contribution in [0.4, 0.5) is 13.2 Å². The van der Waals surface area contributed by atoms with Crippen LogP contribution in [-0.2, 0) is 20.0 Å². The van der Waals surface area contributed by atoms with E-state index >= 15 is 0 Å². The SMILES string of the molecule is Cn1nc2c(c1-c1cc(F)c(F)c(F)c1)CCN(C(=O)c1cccc3cnccc13)C2. The molecule has 1 amide bonds. The lowest BCUT2D eigenvalue weighted by Crippen LogP contribution is -2.36. The number of nitrogens with zero attached hydrogens (tertiary/aromatic N) is 4. The Balaban J connectivity index is 1.50. The number of carbonyl (C=O) groups excluding carboxylic acids is 1. The molecule has 0 bridgehead atoms. The Morgan fingerprint density at radius 2 is 1.87 bits per heavy atom. The first kappa shape index (κ1) is 19.3. The van der Waals surface area contributed by atoms with Gasteiger partial charge >= 0.3 is 0 Å². The summed E-state index contributed by atoms with van der Waals surface area (Å²) in [5, 5.41) is 6.18. The molecule has 0 spiro atoms. The van der Waals surface area contributed by atoms with Crippen molar-refractivity contribution in [3.8, 4) is 11.3 Å². The number of hydrogen-bond acceptors (Lipinski definition) is 3. The number of pyridine rings is 1. The molecule has 1 aliphatic rings. The standard InChI is InChI=1S/C23H17F3N4O/c1-29-22(14-9-18(24)21(26)19(25)10-14)17-6-8-30(12-20(17)28-29)23(31)16-4-2-3-13-11-27-7-5-15(13)16/h2-5,7,9-11H,6,8,12H2,1H3. The Morgan fingerprint density at radius 1 is 1.10 bits per heavy atom. The van der Waals surface area contributed by atoms with E-state index in [9.17, 15) is 18.0 Å². The lowest BCUT2D eigenvalue weighted by Gasteiger charge is -2.27. The van der Waals surface area contributed by atoms with Crippen LogP contribution >= 0.6 is 0 Å². The average Bonchev–Trinajstić information content (AvgIpc) is 3.11. The maximum absolute atomic E-state index is 13.8. The fourth-order valence-corrected chi connectivity index (χ4v) is 4.23. The Kier molecular flexibility index (Phi) is 4.50. The van der Waals surface area contributed by atoms with Gasteiger partial charge in [0.25, 0.3) is 5.91 Å². The van der Waals surface area contributed by atoms with Gasteiger partial charge < -0.3 is 4.90 Å². The summed E-state index contributed by atoms with van der Waals surface area (Å²) in [4.78, 5) is 19.1. The number of rotatable bonds is 2. The Hall–Kier alpha value is -3.68. The molecule has 0 saturated carbocycles. The van der Waals surface area contributed by atoms with E-state index < -0.39 is 17.5 Å². The van der Waals surface area contributed by atoms with Crippen molar-refractivity contribution in [1.82, 2.24) is 19.7 Å². The van der Waals surface area contributed by atoms with Gasteiger partial charge in [-0.15, -0.1) is 0 Å². The number of aryl methyl sites for hydroxylation is 1. The van der Waals surface area contributed by atoms with Crippen molar-refractivity contribution in [2.45, 2.75) is 13.0 Å². The quantitative estimate of drug-likeness (QED) is 0.454.